The first kappa shape index (κ1) is 20.9. The van der Waals surface area contributed by atoms with Crippen LogP contribution in [0.4, 0.5) is 17.5 Å². The van der Waals surface area contributed by atoms with Crippen LogP contribution in [-0.4, -0.2) is 54.1 Å². The number of anilines is 3. The Balaban J connectivity index is 1.58. The summed E-state index contributed by atoms with van der Waals surface area (Å²) < 4.78 is 5.31. The molecule has 1 fully saturated rings. The normalized spacial score (nSPS) is 14.3. The molecule has 8 nitrogen and oxygen atoms in total. The molecule has 0 radical (unpaired) electrons. The Morgan fingerprint density at radius 1 is 1.14 bits per heavy atom. The fraction of sp³-hybridized carbons (Fsp3) is 0.476. The Labute approximate surface area is 172 Å². The first-order chi connectivity index (χ1) is 14.1. The largest absolute Gasteiger partial charge is 0.491 e. The molecule has 3 rings (SSSR count). The zero-order valence-corrected chi connectivity index (χ0v) is 17.2. The number of carbonyl (C=O) groups is 1. The first-order valence-electron chi connectivity index (χ1n) is 10.1. The van der Waals surface area contributed by atoms with Gasteiger partial charge in [-0.3, -0.25) is 9.69 Å². The van der Waals surface area contributed by atoms with Crippen molar-refractivity contribution in [2.45, 2.75) is 32.7 Å². The van der Waals surface area contributed by atoms with E-state index in [1.807, 2.05) is 0 Å². The number of amides is 1. The van der Waals surface area contributed by atoms with E-state index >= 15 is 0 Å². The van der Waals surface area contributed by atoms with Gasteiger partial charge < -0.3 is 20.7 Å². The van der Waals surface area contributed by atoms with Crippen LogP contribution < -0.4 is 20.7 Å². The van der Waals surface area contributed by atoms with Crippen LogP contribution in [0.3, 0.4) is 0 Å². The lowest BCUT2D eigenvalue weighted by Crippen LogP contribution is -2.29. The van der Waals surface area contributed by atoms with Crippen molar-refractivity contribution in [2.24, 2.45) is 0 Å². The van der Waals surface area contributed by atoms with Gasteiger partial charge in [-0.25, -0.2) is 4.98 Å². The van der Waals surface area contributed by atoms with Crippen LogP contribution in [0.25, 0.3) is 0 Å². The monoisotopic (exact) mass is 398 g/mol. The zero-order valence-electron chi connectivity index (χ0n) is 17.2. The summed E-state index contributed by atoms with van der Waals surface area (Å²) in [5.74, 6) is 1.55. The zero-order chi connectivity index (χ0) is 20.5. The van der Waals surface area contributed by atoms with E-state index in [0.29, 0.717) is 30.6 Å². The molecule has 156 valence electrons. The van der Waals surface area contributed by atoms with E-state index in [9.17, 15) is 4.79 Å². The number of aromatic nitrogens is 2. The molecule has 0 atom stereocenters. The summed E-state index contributed by atoms with van der Waals surface area (Å²) in [6, 6.07) is 8.40. The molecule has 0 spiro atoms. The molecule has 0 aliphatic carbocycles. The second-order valence-electron chi connectivity index (χ2n) is 7.18. The van der Waals surface area contributed by atoms with Gasteiger partial charge in [0.25, 0.3) is 0 Å². The van der Waals surface area contributed by atoms with Crippen LogP contribution in [0.15, 0.2) is 30.5 Å². The molecule has 29 heavy (non-hydrogen) atoms. The summed E-state index contributed by atoms with van der Waals surface area (Å²) in [5.41, 5.74) is 2.25. The van der Waals surface area contributed by atoms with Gasteiger partial charge in [-0.2, -0.15) is 4.98 Å². The molecule has 1 aliphatic heterocycles. The Bertz CT molecular complexity index is 790. The Morgan fingerprint density at radius 2 is 1.90 bits per heavy atom. The highest BCUT2D eigenvalue weighted by Crippen LogP contribution is 2.23. The van der Waals surface area contributed by atoms with Gasteiger partial charge in [0.05, 0.1) is 13.3 Å². The van der Waals surface area contributed by atoms with Crippen molar-refractivity contribution in [3.8, 4) is 5.75 Å². The van der Waals surface area contributed by atoms with Gasteiger partial charge in [0.15, 0.2) is 11.6 Å². The quantitative estimate of drug-likeness (QED) is 0.560. The molecule has 3 N–H and O–H groups in total. The highest BCUT2D eigenvalue weighted by molar-refractivity contribution is 5.72. The van der Waals surface area contributed by atoms with Crippen LogP contribution in [0.2, 0.25) is 0 Å². The number of hydrogen-bond acceptors (Lipinski definition) is 7. The van der Waals surface area contributed by atoms with Crippen LogP contribution in [0, 0.1) is 0 Å². The lowest BCUT2D eigenvalue weighted by atomic mass is 10.1. The maximum atomic E-state index is 11.0. The molecule has 1 saturated heterocycles. The molecule has 1 aromatic carbocycles. The van der Waals surface area contributed by atoms with E-state index in [1.165, 1.54) is 44.8 Å². The molecule has 1 aliphatic rings. The van der Waals surface area contributed by atoms with Crippen molar-refractivity contribution in [3.05, 3.63) is 36.0 Å². The van der Waals surface area contributed by atoms with Gasteiger partial charge in [-0.05, 0) is 43.6 Å². The van der Waals surface area contributed by atoms with Crippen molar-refractivity contribution in [1.82, 2.24) is 20.2 Å². The van der Waals surface area contributed by atoms with Crippen molar-refractivity contribution in [2.75, 3.05) is 43.9 Å². The SMILES string of the molecule is COc1cnc(Nc2ccc(CN3CCCCC3)cc2)nc1NCCNC(C)=O. The topological polar surface area (TPSA) is 91.4 Å². The lowest BCUT2D eigenvalue weighted by Gasteiger charge is -2.26. The average Bonchev–Trinajstić information content (AvgIpc) is 2.73. The van der Waals surface area contributed by atoms with Crippen molar-refractivity contribution in [3.63, 3.8) is 0 Å². The van der Waals surface area contributed by atoms with E-state index in [2.05, 4.69) is 55.1 Å². The number of piperidine rings is 1. The molecular formula is C21H30N6O2. The molecular weight excluding hydrogens is 368 g/mol. The summed E-state index contributed by atoms with van der Waals surface area (Å²) in [6.07, 6.45) is 5.58. The smallest absolute Gasteiger partial charge is 0.229 e. The fourth-order valence-electron chi connectivity index (χ4n) is 3.32. The summed E-state index contributed by atoms with van der Waals surface area (Å²) in [6.45, 7) is 5.92. The summed E-state index contributed by atoms with van der Waals surface area (Å²) in [7, 11) is 1.58. The number of carbonyl (C=O) groups excluding carboxylic acids is 1. The molecule has 0 unspecified atom stereocenters. The number of ether oxygens (including phenoxy) is 1. The highest BCUT2D eigenvalue weighted by Gasteiger charge is 2.11. The summed E-state index contributed by atoms with van der Waals surface area (Å²) in [5, 5.41) is 9.14. The van der Waals surface area contributed by atoms with Gasteiger partial charge >= 0.3 is 0 Å². The Hall–Kier alpha value is -2.87. The third-order valence-corrected chi connectivity index (χ3v) is 4.83. The van der Waals surface area contributed by atoms with Crippen molar-refractivity contribution < 1.29 is 9.53 Å². The number of benzene rings is 1. The van der Waals surface area contributed by atoms with Crippen LogP contribution in [0.5, 0.6) is 5.75 Å². The minimum Gasteiger partial charge on any atom is -0.491 e. The molecule has 1 aromatic heterocycles. The molecule has 2 aromatic rings. The third-order valence-electron chi connectivity index (χ3n) is 4.83. The van der Waals surface area contributed by atoms with Gasteiger partial charge in [-0.15, -0.1) is 0 Å². The van der Waals surface area contributed by atoms with Crippen molar-refractivity contribution >= 4 is 23.4 Å². The molecule has 0 saturated carbocycles. The predicted molar refractivity (Wildman–Crippen MR) is 115 cm³/mol. The number of likely N-dealkylation sites (tertiary alicyclic amines) is 1. The van der Waals surface area contributed by atoms with Gasteiger partial charge in [0, 0.05) is 32.2 Å². The number of hydrogen-bond donors (Lipinski definition) is 3. The minimum absolute atomic E-state index is 0.0625. The Kier molecular flexibility index (Phi) is 7.63. The lowest BCUT2D eigenvalue weighted by molar-refractivity contribution is -0.118. The maximum Gasteiger partial charge on any atom is 0.229 e. The van der Waals surface area contributed by atoms with Crippen LogP contribution in [-0.2, 0) is 11.3 Å². The minimum atomic E-state index is -0.0625. The third kappa shape index (κ3) is 6.60. The molecule has 1 amide bonds. The van der Waals surface area contributed by atoms with E-state index in [4.69, 9.17) is 4.74 Å². The Morgan fingerprint density at radius 3 is 2.59 bits per heavy atom. The van der Waals surface area contributed by atoms with E-state index in [0.717, 1.165) is 12.2 Å². The average molecular weight is 399 g/mol. The predicted octanol–water partition coefficient (Wildman–Crippen LogP) is 2.76. The highest BCUT2D eigenvalue weighted by atomic mass is 16.5. The standard InChI is InChI=1S/C21H30N6O2/c1-16(28)22-10-11-23-20-19(29-2)14-24-21(26-20)25-18-8-6-17(7-9-18)15-27-12-4-3-5-13-27/h6-9,14H,3-5,10-13,15H2,1-2H3,(H,22,28)(H2,23,24,25,26). The van der Waals surface area contributed by atoms with Crippen molar-refractivity contribution in [1.29, 1.82) is 0 Å². The maximum absolute atomic E-state index is 11.0. The summed E-state index contributed by atoms with van der Waals surface area (Å²) in [4.78, 5) is 22.3. The van der Waals surface area contributed by atoms with E-state index in [1.54, 1.807) is 13.3 Å². The number of nitrogens with zero attached hydrogens (tertiary/aromatic N) is 3. The second kappa shape index (κ2) is 10.6. The van der Waals surface area contributed by atoms with Gasteiger partial charge in [0.2, 0.25) is 11.9 Å². The van der Waals surface area contributed by atoms with Crippen LogP contribution >= 0.6 is 0 Å². The number of nitrogens with one attached hydrogen (secondary N) is 3. The van der Waals surface area contributed by atoms with Crippen LogP contribution in [0.1, 0.15) is 31.7 Å². The van der Waals surface area contributed by atoms with Gasteiger partial charge in [0.1, 0.15) is 0 Å². The second-order valence-corrected chi connectivity index (χ2v) is 7.18. The van der Waals surface area contributed by atoms with Gasteiger partial charge in [-0.1, -0.05) is 18.6 Å². The molecule has 2 heterocycles. The van der Waals surface area contributed by atoms with E-state index in [-0.39, 0.29) is 5.91 Å². The molecule has 8 heteroatoms. The fourth-order valence-corrected chi connectivity index (χ4v) is 3.32. The molecule has 0 bridgehead atoms. The summed E-state index contributed by atoms with van der Waals surface area (Å²) >= 11 is 0. The number of rotatable bonds is 9. The number of methoxy groups -OCH3 is 1. The first-order valence-corrected chi connectivity index (χ1v) is 10.1. The van der Waals surface area contributed by atoms with E-state index < -0.39 is 0 Å².